The molecule has 0 amide bonds. The molecule has 1 saturated carbocycles. The highest BCUT2D eigenvalue weighted by molar-refractivity contribution is 4.81. The Labute approximate surface area is 108 Å². The highest BCUT2D eigenvalue weighted by atomic mass is 14.9. The second-order valence-corrected chi connectivity index (χ2v) is 5.61. The van der Waals surface area contributed by atoms with Crippen LogP contribution < -0.4 is 11.1 Å². The summed E-state index contributed by atoms with van der Waals surface area (Å²) >= 11 is 0. The van der Waals surface area contributed by atoms with Crippen molar-refractivity contribution in [2.45, 2.75) is 77.2 Å². The topological polar surface area (TPSA) is 38.0 Å². The molecule has 1 aliphatic rings. The van der Waals surface area contributed by atoms with Crippen LogP contribution >= 0.6 is 0 Å². The molecule has 0 aliphatic heterocycles. The minimum absolute atomic E-state index is 0.712. The van der Waals surface area contributed by atoms with Crippen LogP contribution in [0.1, 0.15) is 71.1 Å². The Bertz CT molecular complexity index is 170. The largest absolute Gasteiger partial charge is 0.330 e. The molecule has 17 heavy (non-hydrogen) atoms. The maximum Gasteiger partial charge on any atom is 0.0107 e. The third kappa shape index (κ3) is 6.42. The van der Waals surface area contributed by atoms with Crippen LogP contribution in [0.5, 0.6) is 0 Å². The number of unbranched alkanes of at least 4 members (excludes halogenated alkanes) is 5. The molecule has 0 aromatic heterocycles. The van der Waals surface area contributed by atoms with E-state index in [1.165, 1.54) is 70.8 Å². The second-order valence-electron chi connectivity index (χ2n) is 5.61. The Morgan fingerprint density at radius 2 is 1.71 bits per heavy atom. The molecule has 0 aromatic carbocycles. The fourth-order valence-electron chi connectivity index (χ4n) is 2.95. The molecular weight excluding hydrogens is 208 g/mol. The van der Waals surface area contributed by atoms with Gasteiger partial charge in [0.15, 0.2) is 0 Å². The van der Waals surface area contributed by atoms with E-state index >= 15 is 0 Å². The molecule has 2 unspecified atom stereocenters. The molecule has 0 aromatic rings. The van der Waals surface area contributed by atoms with Crippen molar-refractivity contribution in [2.75, 3.05) is 13.1 Å². The predicted molar refractivity (Wildman–Crippen MR) is 76.2 cm³/mol. The smallest absolute Gasteiger partial charge is 0.0107 e. The van der Waals surface area contributed by atoms with Crippen LogP contribution in [0.4, 0.5) is 0 Å². The summed E-state index contributed by atoms with van der Waals surface area (Å²) in [7, 11) is 0. The lowest BCUT2D eigenvalue weighted by Crippen LogP contribution is -2.42. The minimum Gasteiger partial charge on any atom is -0.330 e. The SMILES string of the molecule is CCCCCCCCNC1CCCCC1CN. The molecule has 2 atom stereocenters. The summed E-state index contributed by atoms with van der Waals surface area (Å²) in [6.45, 7) is 4.35. The highest BCUT2D eigenvalue weighted by Crippen LogP contribution is 2.23. The Morgan fingerprint density at radius 1 is 1.00 bits per heavy atom. The molecule has 1 rings (SSSR count). The third-order valence-electron chi connectivity index (χ3n) is 4.15. The quantitative estimate of drug-likeness (QED) is 0.606. The molecular formula is C15H32N2. The van der Waals surface area contributed by atoms with E-state index in [2.05, 4.69) is 12.2 Å². The monoisotopic (exact) mass is 240 g/mol. The van der Waals surface area contributed by atoms with Crippen molar-refractivity contribution in [3.63, 3.8) is 0 Å². The van der Waals surface area contributed by atoms with Crippen LogP contribution in [-0.4, -0.2) is 19.1 Å². The van der Waals surface area contributed by atoms with Gasteiger partial charge in [-0.15, -0.1) is 0 Å². The first-order valence-electron chi connectivity index (χ1n) is 7.82. The molecule has 0 radical (unpaired) electrons. The average Bonchev–Trinajstić information content (AvgIpc) is 2.38. The van der Waals surface area contributed by atoms with Gasteiger partial charge in [0.1, 0.15) is 0 Å². The van der Waals surface area contributed by atoms with Gasteiger partial charge in [-0.05, 0) is 38.3 Å². The van der Waals surface area contributed by atoms with Crippen molar-refractivity contribution in [3.05, 3.63) is 0 Å². The standard InChI is InChI=1S/C15H32N2/c1-2-3-4-5-6-9-12-17-15-11-8-7-10-14(15)13-16/h14-15,17H,2-13,16H2,1H3. The first kappa shape index (κ1) is 15.0. The van der Waals surface area contributed by atoms with Crippen molar-refractivity contribution in [1.29, 1.82) is 0 Å². The van der Waals surface area contributed by atoms with Gasteiger partial charge in [-0.2, -0.15) is 0 Å². The summed E-state index contributed by atoms with van der Waals surface area (Å²) in [5.74, 6) is 0.740. The number of hydrogen-bond donors (Lipinski definition) is 2. The van der Waals surface area contributed by atoms with Crippen molar-refractivity contribution in [2.24, 2.45) is 11.7 Å². The van der Waals surface area contributed by atoms with Gasteiger partial charge in [-0.3, -0.25) is 0 Å². The number of nitrogens with two attached hydrogens (primary N) is 1. The van der Waals surface area contributed by atoms with Crippen LogP contribution in [0.2, 0.25) is 0 Å². The third-order valence-corrected chi connectivity index (χ3v) is 4.15. The summed E-state index contributed by atoms with van der Waals surface area (Å²) in [6, 6.07) is 0.712. The van der Waals surface area contributed by atoms with Gasteiger partial charge in [0, 0.05) is 6.04 Å². The van der Waals surface area contributed by atoms with Crippen molar-refractivity contribution in [3.8, 4) is 0 Å². The molecule has 102 valence electrons. The maximum absolute atomic E-state index is 5.84. The molecule has 0 saturated heterocycles. The van der Waals surface area contributed by atoms with E-state index in [1.807, 2.05) is 0 Å². The van der Waals surface area contributed by atoms with E-state index in [1.54, 1.807) is 0 Å². The number of nitrogens with one attached hydrogen (secondary N) is 1. The Morgan fingerprint density at radius 3 is 2.47 bits per heavy atom. The van der Waals surface area contributed by atoms with Gasteiger partial charge in [0.25, 0.3) is 0 Å². The van der Waals surface area contributed by atoms with Crippen LogP contribution in [0.3, 0.4) is 0 Å². The van der Waals surface area contributed by atoms with Crippen LogP contribution in [0, 0.1) is 5.92 Å². The zero-order valence-electron chi connectivity index (χ0n) is 11.7. The van der Waals surface area contributed by atoms with Crippen molar-refractivity contribution >= 4 is 0 Å². The molecule has 0 heterocycles. The Balaban J connectivity index is 1.97. The normalized spacial score (nSPS) is 25.1. The number of hydrogen-bond acceptors (Lipinski definition) is 2. The lowest BCUT2D eigenvalue weighted by atomic mass is 9.84. The molecule has 0 spiro atoms. The lowest BCUT2D eigenvalue weighted by Gasteiger charge is -2.31. The van der Waals surface area contributed by atoms with Crippen molar-refractivity contribution < 1.29 is 0 Å². The van der Waals surface area contributed by atoms with E-state index in [0.29, 0.717) is 6.04 Å². The number of rotatable bonds is 9. The van der Waals surface area contributed by atoms with Gasteiger partial charge in [0.2, 0.25) is 0 Å². The van der Waals surface area contributed by atoms with Gasteiger partial charge in [-0.1, -0.05) is 51.9 Å². The van der Waals surface area contributed by atoms with Crippen LogP contribution in [-0.2, 0) is 0 Å². The summed E-state index contributed by atoms with van der Waals surface area (Å²) < 4.78 is 0. The lowest BCUT2D eigenvalue weighted by molar-refractivity contribution is 0.267. The molecule has 3 N–H and O–H groups in total. The van der Waals surface area contributed by atoms with Crippen LogP contribution in [0.25, 0.3) is 0 Å². The Hall–Kier alpha value is -0.0800. The van der Waals surface area contributed by atoms with Gasteiger partial charge < -0.3 is 11.1 Å². The van der Waals surface area contributed by atoms with Gasteiger partial charge >= 0.3 is 0 Å². The van der Waals surface area contributed by atoms with E-state index in [-0.39, 0.29) is 0 Å². The summed E-state index contributed by atoms with van der Waals surface area (Å²) in [4.78, 5) is 0. The zero-order valence-corrected chi connectivity index (χ0v) is 11.7. The highest BCUT2D eigenvalue weighted by Gasteiger charge is 2.22. The molecule has 0 bridgehead atoms. The summed E-state index contributed by atoms with van der Waals surface area (Å²) in [5, 5.41) is 3.73. The maximum atomic E-state index is 5.84. The van der Waals surface area contributed by atoms with E-state index in [4.69, 9.17) is 5.73 Å². The van der Waals surface area contributed by atoms with E-state index < -0.39 is 0 Å². The summed E-state index contributed by atoms with van der Waals surface area (Å²) in [5.41, 5.74) is 5.84. The van der Waals surface area contributed by atoms with E-state index in [9.17, 15) is 0 Å². The van der Waals surface area contributed by atoms with E-state index in [0.717, 1.165) is 12.5 Å². The molecule has 2 heteroatoms. The first-order chi connectivity index (χ1) is 8.38. The van der Waals surface area contributed by atoms with Gasteiger partial charge in [0.05, 0.1) is 0 Å². The van der Waals surface area contributed by atoms with Gasteiger partial charge in [-0.25, -0.2) is 0 Å². The second kappa shape index (κ2) is 9.90. The average molecular weight is 240 g/mol. The fraction of sp³-hybridized carbons (Fsp3) is 1.00. The zero-order chi connectivity index (χ0) is 12.3. The molecule has 1 aliphatic carbocycles. The van der Waals surface area contributed by atoms with Crippen molar-refractivity contribution in [1.82, 2.24) is 5.32 Å². The minimum atomic E-state index is 0.712. The first-order valence-corrected chi connectivity index (χ1v) is 7.82. The molecule has 2 nitrogen and oxygen atoms in total. The Kier molecular flexibility index (Phi) is 8.72. The van der Waals surface area contributed by atoms with Crippen LogP contribution in [0.15, 0.2) is 0 Å². The fourth-order valence-corrected chi connectivity index (χ4v) is 2.95. The summed E-state index contributed by atoms with van der Waals surface area (Å²) in [6.07, 6.45) is 13.8. The molecule has 1 fully saturated rings. The predicted octanol–water partition coefficient (Wildman–Crippen LogP) is 3.45.